The molecule has 0 radical (unpaired) electrons. The standard InChI is InChI=1S/C24H22N4O2S.2CH4O/c1-30-20-7-4-8-21-22(20)25-24(31-21)27-26-23(29)17-9-11-19(12-10-17)28-14-13-16-5-2-3-6-18(16)15-28;2*1-2/h2-12H,13-15H2,1H3,(H,25,27)(H,26,29);2*2H,1H3. The number of para-hydroxylation sites is 1. The van der Waals surface area contributed by atoms with E-state index in [1.807, 2.05) is 42.5 Å². The average Bonchev–Trinajstić information content (AvgIpc) is 3.37. The highest BCUT2D eigenvalue weighted by atomic mass is 32.1. The molecule has 0 bridgehead atoms. The summed E-state index contributed by atoms with van der Waals surface area (Å²) in [7, 11) is 3.62. The van der Waals surface area contributed by atoms with E-state index >= 15 is 0 Å². The Morgan fingerprint density at radius 3 is 2.40 bits per heavy atom. The van der Waals surface area contributed by atoms with Crippen LogP contribution in [0.1, 0.15) is 21.5 Å². The fourth-order valence-electron chi connectivity index (χ4n) is 3.86. The molecule has 9 heteroatoms. The number of anilines is 2. The second-order valence-corrected chi connectivity index (χ2v) is 8.42. The summed E-state index contributed by atoms with van der Waals surface area (Å²) < 4.78 is 6.33. The van der Waals surface area contributed by atoms with Crippen LogP contribution >= 0.6 is 11.3 Å². The molecule has 0 saturated heterocycles. The molecule has 3 aromatic carbocycles. The number of amides is 1. The predicted octanol–water partition coefficient (Wildman–Crippen LogP) is 3.84. The van der Waals surface area contributed by atoms with Crippen molar-refractivity contribution in [3.63, 3.8) is 0 Å². The van der Waals surface area contributed by atoms with Crippen LogP contribution in [0.15, 0.2) is 66.7 Å². The maximum Gasteiger partial charge on any atom is 0.269 e. The molecule has 8 nitrogen and oxygen atoms in total. The summed E-state index contributed by atoms with van der Waals surface area (Å²) in [6, 6.07) is 22.1. The van der Waals surface area contributed by atoms with Crippen molar-refractivity contribution in [2.45, 2.75) is 13.0 Å². The summed E-state index contributed by atoms with van der Waals surface area (Å²) in [6.07, 6.45) is 1.04. The van der Waals surface area contributed by atoms with Gasteiger partial charge < -0.3 is 19.8 Å². The molecule has 4 N–H and O–H groups in total. The summed E-state index contributed by atoms with van der Waals surface area (Å²) in [6.45, 7) is 1.87. The van der Waals surface area contributed by atoms with Gasteiger partial charge in [0.2, 0.25) is 5.13 Å². The summed E-state index contributed by atoms with van der Waals surface area (Å²) in [4.78, 5) is 19.4. The van der Waals surface area contributed by atoms with Crippen molar-refractivity contribution in [1.82, 2.24) is 10.4 Å². The van der Waals surface area contributed by atoms with E-state index in [2.05, 4.69) is 45.0 Å². The highest BCUT2D eigenvalue weighted by Gasteiger charge is 2.16. The van der Waals surface area contributed by atoms with Crippen LogP contribution in [0, 0.1) is 0 Å². The molecule has 0 saturated carbocycles. The van der Waals surface area contributed by atoms with Gasteiger partial charge in [-0.3, -0.25) is 15.6 Å². The Morgan fingerprint density at radius 1 is 0.971 bits per heavy atom. The number of aliphatic hydroxyl groups is 2. The summed E-state index contributed by atoms with van der Waals surface area (Å²) >= 11 is 1.46. The van der Waals surface area contributed by atoms with Gasteiger partial charge in [-0.05, 0) is 53.9 Å². The van der Waals surface area contributed by atoms with Crippen molar-refractivity contribution >= 4 is 38.3 Å². The largest absolute Gasteiger partial charge is 0.494 e. The smallest absolute Gasteiger partial charge is 0.269 e. The summed E-state index contributed by atoms with van der Waals surface area (Å²) in [5.74, 6) is 0.505. The van der Waals surface area contributed by atoms with Crippen LogP contribution in [0.3, 0.4) is 0 Å². The number of rotatable bonds is 5. The number of carbonyl (C=O) groups is 1. The van der Waals surface area contributed by atoms with Crippen molar-refractivity contribution in [2.24, 2.45) is 0 Å². The minimum absolute atomic E-state index is 0.207. The molecule has 2 heterocycles. The van der Waals surface area contributed by atoms with Crippen LogP contribution in [0.4, 0.5) is 10.8 Å². The molecule has 0 spiro atoms. The number of carbonyl (C=O) groups excluding carboxylic acids is 1. The maximum atomic E-state index is 12.6. The van der Waals surface area contributed by atoms with Crippen molar-refractivity contribution in [3.8, 4) is 5.75 Å². The first-order valence-electron chi connectivity index (χ1n) is 11.0. The third-order valence-corrected chi connectivity index (χ3v) is 6.45. The van der Waals surface area contributed by atoms with Gasteiger partial charge in [0.15, 0.2) is 0 Å². The number of methoxy groups -OCH3 is 1. The Labute approximate surface area is 208 Å². The zero-order chi connectivity index (χ0) is 25.2. The van der Waals surface area contributed by atoms with Crippen molar-refractivity contribution < 1.29 is 19.7 Å². The lowest BCUT2D eigenvalue weighted by atomic mass is 9.99. The molecule has 4 aromatic rings. The van der Waals surface area contributed by atoms with E-state index in [0.29, 0.717) is 16.4 Å². The van der Waals surface area contributed by atoms with Gasteiger partial charge in [0.1, 0.15) is 11.3 Å². The normalized spacial score (nSPS) is 11.9. The SMILES string of the molecule is CO.CO.COc1cccc2sc(NNC(=O)c3ccc(N4CCc5ccccc5C4)cc3)nc12. The molecule has 0 fully saturated rings. The second kappa shape index (κ2) is 12.7. The molecule has 1 aliphatic rings. The van der Waals surface area contributed by atoms with Gasteiger partial charge in [0.25, 0.3) is 5.91 Å². The highest BCUT2D eigenvalue weighted by molar-refractivity contribution is 7.22. The first kappa shape index (κ1) is 26.0. The Hall–Kier alpha value is -3.66. The van der Waals surface area contributed by atoms with Crippen molar-refractivity contribution in [3.05, 3.63) is 83.4 Å². The Balaban J connectivity index is 0.000000815. The third-order valence-electron chi connectivity index (χ3n) is 5.51. The van der Waals surface area contributed by atoms with Gasteiger partial charge in [-0.25, -0.2) is 4.98 Å². The Morgan fingerprint density at radius 2 is 1.69 bits per heavy atom. The van der Waals surface area contributed by atoms with E-state index in [4.69, 9.17) is 14.9 Å². The fraction of sp³-hybridized carbons (Fsp3) is 0.231. The lowest BCUT2D eigenvalue weighted by Crippen LogP contribution is -2.31. The van der Waals surface area contributed by atoms with E-state index in [9.17, 15) is 4.79 Å². The fourth-order valence-corrected chi connectivity index (χ4v) is 4.70. The summed E-state index contributed by atoms with van der Waals surface area (Å²) in [5.41, 5.74) is 10.9. The van der Waals surface area contributed by atoms with E-state index in [1.54, 1.807) is 7.11 Å². The molecule has 0 atom stereocenters. The number of benzene rings is 3. The molecule has 0 unspecified atom stereocenters. The molecule has 35 heavy (non-hydrogen) atoms. The van der Waals surface area contributed by atoms with Crippen LogP contribution in [0.25, 0.3) is 10.2 Å². The lowest BCUT2D eigenvalue weighted by molar-refractivity contribution is 0.0962. The number of nitrogens with one attached hydrogen (secondary N) is 2. The first-order chi connectivity index (χ1) is 17.2. The molecular formula is C26H30N4O4S. The van der Waals surface area contributed by atoms with E-state index in [0.717, 1.165) is 49.6 Å². The van der Waals surface area contributed by atoms with Crippen molar-refractivity contribution in [2.75, 3.05) is 38.2 Å². The number of nitrogens with zero attached hydrogens (tertiary/aromatic N) is 2. The topological polar surface area (TPSA) is 107 Å². The Bertz CT molecular complexity index is 1240. The lowest BCUT2D eigenvalue weighted by Gasteiger charge is -2.30. The van der Waals surface area contributed by atoms with Gasteiger partial charge in [-0.2, -0.15) is 0 Å². The third kappa shape index (κ3) is 6.07. The van der Waals surface area contributed by atoms with E-state index < -0.39 is 0 Å². The second-order valence-electron chi connectivity index (χ2n) is 7.39. The molecule has 5 rings (SSSR count). The number of ether oxygens (including phenoxy) is 1. The Kier molecular flexibility index (Phi) is 9.42. The van der Waals surface area contributed by atoms with Crippen molar-refractivity contribution in [1.29, 1.82) is 0 Å². The monoisotopic (exact) mass is 494 g/mol. The molecular weight excluding hydrogens is 464 g/mol. The number of hydrogen-bond donors (Lipinski definition) is 4. The van der Waals surface area contributed by atoms with Gasteiger partial charge in [0.05, 0.1) is 11.8 Å². The van der Waals surface area contributed by atoms with E-state index in [-0.39, 0.29) is 5.91 Å². The molecule has 1 aromatic heterocycles. The van der Waals surface area contributed by atoms with Crippen LogP contribution in [0.2, 0.25) is 0 Å². The number of hydrazine groups is 1. The first-order valence-corrected chi connectivity index (χ1v) is 11.8. The molecule has 1 amide bonds. The average molecular weight is 495 g/mol. The maximum absolute atomic E-state index is 12.6. The van der Waals surface area contributed by atoms with Gasteiger partial charge in [-0.15, -0.1) is 0 Å². The number of thiazole rings is 1. The number of aliphatic hydroxyl groups excluding tert-OH is 2. The van der Waals surface area contributed by atoms with Gasteiger partial charge >= 0.3 is 0 Å². The number of fused-ring (bicyclic) bond motifs is 2. The minimum atomic E-state index is -0.207. The molecule has 184 valence electrons. The minimum Gasteiger partial charge on any atom is -0.494 e. The molecule has 1 aliphatic heterocycles. The quantitative estimate of drug-likeness (QED) is 0.312. The summed E-state index contributed by atoms with van der Waals surface area (Å²) in [5, 5.41) is 14.6. The zero-order valence-corrected chi connectivity index (χ0v) is 20.8. The van der Waals surface area contributed by atoms with Crippen LogP contribution in [0.5, 0.6) is 5.75 Å². The van der Waals surface area contributed by atoms with Crippen LogP contribution in [-0.2, 0) is 13.0 Å². The zero-order valence-electron chi connectivity index (χ0n) is 20.0. The van der Waals surface area contributed by atoms with Gasteiger partial charge in [-0.1, -0.05) is 41.7 Å². The van der Waals surface area contributed by atoms with Crippen LogP contribution in [-0.4, -0.2) is 49.0 Å². The predicted molar refractivity (Wildman–Crippen MR) is 141 cm³/mol. The highest BCUT2D eigenvalue weighted by Crippen LogP contribution is 2.31. The number of hydrogen-bond acceptors (Lipinski definition) is 8. The van der Waals surface area contributed by atoms with Gasteiger partial charge in [0, 0.05) is 38.6 Å². The van der Waals surface area contributed by atoms with E-state index in [1.165, 1.54) is 22.5 Å². The number of aromatic nitrogens is 1. The van der Waals surface area contributed by atoms with Crippen LogP contribution < -0.4 is 20.5 Å². The molecule has 0 aliphatic carbocycles.